The number of thiazole rings is 1. The maximum Gasteiger partial charge on any atom is 0.350 e. The quantitative estimate of drug-likeness (QED) is 0.856. The number of anilines is 1. The number of aromatic nitrogens is 1. The van der Waals surface area contributed by atoms with Gasteiger partial charge in [0.05, 0.1) is 26.3 Å². The maximum atomic E-state index is 12.0. The van der Waals surface area contributed by atoms with Crippen LogP contribution in [0, 0.1) is 6.92 Å². The Kier molecular flexibility index (Phi) is 5.11. The summed E-state index contributed by atoms with van der Waals surface area (Å²) in [6.07, 6.45) is 0.198. The summed E-state index contributed by atoms with van der Waals surface area (Å²) in [6.45, 7) is 1.69. The van der Waals surface area contributed by atoms with E-state index in [0.717, 1.165) is 16.9 Å². The number of hydrogen-bond acceptors (Lipinski definition) is 6. The summed E-state index contributed by atoms with van der Waals surface area (Å²) < 4.78 is 9.78. The molecule has 0 unspecified atom stereocenters. The summed E-state index contributed by atoms with van der Waals surface area (Å²) in [5, 5.41) is 3.07. The van der Waals surface area contributed by atoms with E-state index in [4.69, 9.17) is 4.74 Å². The van der Waals surface area contributed by atoms with Gasteiger partial charge in [0.15, 0.2) is 5.13 Å². The van der Waals surface area contributed by atoms with Crippen LogP contribution in [0.4, 0.5) is 5.13 Å². The lowest BCUT2D eigenvalue weighted by atomic mass is 10.1. The SMILES string of the molecule is COC(=O)c1sc(NC(=O)Cc2cccc(OC)c2)nc1C. The number of carbonyl (C=O) groups is 2. The molecule has 22 heavy (non-hydrogen) atoms. The van der Waals surface area contributed by atoms with E-state index in [-0.39, 0.29) is 12.3 Å². The fraction of sp³-hybridized carbons (Fsp3) is 0.267. The molecule has 1 aromatic heterocycles. The Balaban J connectivity index is 2.04. The van der Waals surface area contributed by atoms with Crippen LogP contribution in [-0.2, 0) is 16.0 Å². The summed E-state index contributed by atoms with van der Waals surface area (Å²) in [6, 6.07) is 7.28. The average molecular weight is 320 g/mol. The van der Waals surface area contributed by atoms with E-state index in [1.54, 1.807) is 20.1 Å². The van der Waals surface area contributed by atoms with Gasteiger partial charge in [-0.2, -0.15) is 0 Å². The normalized spacial score (nSPS) is 10.1. The van der Waals surface area contributed by atoms with Gasteiger partial charge in [-0.1, -0.05) is 23.5 Å². The van der Waals surface area contributed by atoms with Crippen molar-refractivity contribution >= 4 is 28.3 Å². The monoisotopic (exact) mass is 320 g/mol. The highest BCUT2D eigenvalue weighted by atomic mass is 32.1. The van der Waals surface area contributed by atoms with Gasteiger partial charge in [-0.15, -0.1) is 0 Å². The molecule has 0 spiro atoms. The summed E-state index contributed by atoms with van der Waals surface area (Å²) in [5.41, 5.74) is 1.37. The second kappa shape index (κ2) is 7.04. The van der Waals surface area contributed by atoms with Crippen LogP contribution in [0.5, 0.6) is 5.75 Å². The van der Waals surface area contributed by atoms with Gasteiger partial charge >= 0.3 is 5.97 Å². The zero-order valence-electron chi connectivity index (χ0n) is 12.5. The van der Waals surface area contributed by atoms with Crippen LogP contribution >= 0.6 is 11.3 Å². The summed E-state index contributed by atoms with van der Waals surface area (Å²) in [7, 11) is 2.88. The van der Waals surface area contributed by atoms with Crippen molar-refractivity contribution in [1.29, 1.82) is 0 Å². The molecule has 1 heterocycles. The Morgan fingerprint density at radius 3 is 2.77 bits per heavy atom. The predicted octanol–water partition coefficient (Wildman–Crippen LogP) is 2.43. The van der Waals surface area contributed by atoms with E-state index < -0.39 is 5.97 Å². The van der Waals surface area contributed by atoms with Crippen LogP contribution in [0.15, 0.2) is 24.3 Å². The van der Waals surface area contributed by atoms with Crippen LogP contribution in [0.25, 0.3) is 0 Å². The van der Waals surface area contributed by atoms with E-state index in [0.29, 0.717) is 21.5 Å². The van der Waals surface area contributed by atoms with Crippen molar-refractivity contribution in [3.8, 4) is 5.75 Å². The molecule has 0 saturated carbocycles. The Morgan fingerprint density at radius 1 is 1.32 bits per heavy atom. The van der Waals surface area contributed by atoms with Gasteiger partial charge in [-0.25, -0.2) is 9.78 Å². The number of carbonyl (C=O) groups excluding carboxylic acids is 2. The molecular formula is C15H16N2O4S. The Labute approximate surface area is 132 Å². The predicted molar refractivity (Wildman–Crippen MR) is 83.5 cm³/mol. The summed E-state index contributed by atoms with van der Waals surface area (Å²) in [5.74, 6) is 0.0325. The number of benzene rings is 1. The van der Waals surface area contributed by atoms with Crippen LogP contribution < -0.4 is 10.1 Å². The third-order valence-electron chi connectivity index (χ3n) is 2.91. The highest BCUT2D eigenvalue weighted by Gasteiger charge is 2.17. The molecule has 116 valence electrons. The van der Waals surface area contributed by atoms with Gasteiger partial charge in [-0.3, -0.25) is 4.79 Å². The molecule has 0 aliphatic heterocycles. The van der Waals surface area contributed by atoms with E-state index >= 15 is 0 Å². The van der Waals surface area contributed by atoms with Crippen molar-refractivity contribution in [2.24, 2.45) is 0 Å². The number of methoxy groups -OCH3 is 2. The summed E-state index contributed by atoms with van der Waals surface area (Å²) >= 11 is 1.10. The Hall–Kier alpha value is -2.41. The van der Waals surface area contributed by atoms with Gasteiger partial charge in [0, 0.05) is 0 Å². The van der Waals surface area contributed by atoms with Crippen molar-refractivity contribution in [1.82, 2.24) is 4.98 Å². The van der Waals surface area contributed by atoms with Gasteiger partial charge in [0.1, 0.15) is 10.6 Å². The molecule has 0 aliphatic carbocycles. The number of hydrogen-bond donors (Lipinski definition) is 1. The molecule has 0 bridgehead atoms. The molecule has 0 atom stereocenters. The molecule has 1 N–H and O–H groups in total. The highest BCUT2D eigenvalue weighted by molar-refractivity contribution is 7.17. The van der Waals surface area contributed by atoms with Crippen molar-refractivity contribution in [2.45, 2.75) is 13.3 Å². The minimum atomic E-state index is -0.455. The standard InChI is InChI=1S/C15H16N2O4S/c1-9-13(14(19)21-3)22-15(16-9)17-12(18)8-10-5-4-6-11(7-10)20-2/h4-7H,8H2,1-3H3,(H,16,17,18). The first-order valence-electron chi connectivity index (χ1n) is 6.52. The lowest BCUT2D eigenvalue weighted by molar-refractivity contribution is -0.115. The number of rotatable bonds is 5. The molecule has 1 amide bonds. The number of esters is 1. The van der Waals surface area contributed by atoms with Crippen molar-refractivity contribution < 1.29 is 19.1 Å². The molecule has 6 nitrogen and oxygen atoms in total. The first-order chi connectivity index (χ1) is 10.5. The Morgan fingerprint density at radius 2 is 2.09 bits per heavy atom. The summed E-state index contributed by atoms with van der Waals surface area (Å²) in [4.78, 5) is 28.1. The van der Waals surface area contributed by atoms with Crippen LogP contribution in [0.2, 0.25) is 0 Å². The Bertz CT molecular complexity index is 697. The zero-order valence-corrected chi connectivity index (χ0v) is 13.3. The van der Waals surface area contributed by atoms with Gasteiger partial charge in [0.2, 0.25) is 5.91 Å². The van der Waals surface area contributed by atoms with E-state index in [9.17, 15) is 9.59 Å². The number of aryl methyl sites for hydroxylation is 1. The number of nitrogens with zero attached hydrogens (tertiary/aromatic N) is 1. The van der Waals surface area contributed by atoms with Gasteiger partial charge < -0.3 is 14.8 Å². The van der Waals surface area contributed by atoms with Crippen LogP contribution in [0.1, 0.15) is 20.9 Å². The molecule has 0 radical (unpaired) electrons. The average Bonchev–Trinajstić information content (AvgIpc) is 2.86. The van der Waals surface area contributed by atoms with Gasteiger partial charge in [0.25, 0.3) is 0 Å². The molecular weight excluding hydrogens is 304 g/mol. The molecule has 2 rings (SSSR count). The van der Waals surface area contributed by atoms with Gasteiger partial charge in [-0.05, 0) is 24.6 Å². The second-order valence-electron chi connectivity index (χ2n) is 4.50. The van der Waals surface area contributed by atoms with Crippen molar-refractivity contribution in [3.63, 3.8) is 0 Å². The largest absolute Gasteiger partial charge is 0.497 e. The fourth-order valence-corrected chi connectivity index (χ4v) is 2.76. The topological polar surface area (TPSA) is 77.5 Å². The van der Waals surface area contributed by atoms with Crippen LogP contribution in [-0.4, -0.2) is 31.1 Å². The first-order valence-corrected chi connectivity index (χ1v) is 7.33. The molecule has 2 aromatic rings. The van der Waals surface area contributed by atoms with Crippen LogP contribution in [0.3, 0.4) is 0 Å². The minimum Gasteiger partial charge on any atom is -0.497 e. The maximum absolute atomic E-state index is 12.0. The lowest BCUT2D eigenvalue weighted by Gasteiger charge is -2.04. The minimum absolute atomic E-state index is 0.198. The third kappa shape index (κ3) is 3.82. The van der Waals surface area contributed by atoms with E-state index in [2.05, 4.69) is 15.0 Å². The smallest absolute Gasteiger partial charge is 0.350 e. The fourth-order valence-electron chi connectivity index (χ4n) is 1.86. The molecule has 7 heteroatoms. The number of amides is 1. The van der Waals surface area contributed by atoms with Crippen molar-refractivity contribution in [2.75, 3.05) is 19.5 Å². The lowest BCUT2D eigenvalue weighted by Crippen LogP contribution is -2.14. The number of nitrogens with one attached hydrogen (secondary N) is 1. The van der Waals surface area contributed by atoms with E-state index in [1.807, 2.05) is 18.2 Å². The number of ether oxygens (including phenoxy) is 2. The highest BCUT2D eigenvalue weighted by Crippen LogP contribution is 2.23. The van der Waals surface area contributed by atoms with Crippen molar-refractivity contribution in [3.05, 3.63) is 40.4 Å². The first kappa shape index (κ1) is 16.0. The molecule has 1 aromatic carbocycles. The molecule has 0 fully saturated rings. The third-order valence-corrected chi connectivity index (χ3v) is 3.97. The molecule has 0 saturated heterocycles. The zero-order chi connectivity index (χ0) is 16.1. The second-order valence-corrected chi connectivity index (χ2v) is 5.50. The van der Waals surface area contributed by atoms with E-state index in [1.165, 1.54) is 7.11 Å². The molecule has 0 aliphatic rings.